The summed E-state index contributed by atoms with van der Waals surface area (Å²) in [6, 6.07) is 10.0. The average molecular weight is 418 g/mol. The minimum absolute atomic E-state index is 0.00580. The molecule has 0 radical (unpaired) electrons. The summed E-state index contributed by atoms with van der Waals surface area (Å²) in [6.45, 7) is 3.55. The summed E-state index contributed by atoms with van der Waals surface area (Å²) in [5.41, 5.74) is 0.449. The monoisotopic (exact) mass is 417 g/mol. The van der Waals surface area contributed by atoms with Crippen LogP contribution in [0, 0.1) is 0 Å². The molecule has 0 spiro atoms. The van der Waals surface area contributed by atoms with Crippen molar-refractivity contribution < 1.29 is 17.6 Å². The van der Waals surface area contributed by atoms with Gasteiger partial charge >= 0.3 is 0 Å². The van der Waals surface area contributed by atoms with Crippen LogP contribution in [-0.2, 0) is 10.0 Å². The molecule has 4 rings (SSSR count). The Kier molecular flexibility index (Phi) is 6.03. The summed E-state index contributed by atoms with van der Waals surface area (Å²) in [7, 11) is -3.47. The average Bonchev–Trinajstić information content (AvgIpc) is 3.52. The fourth-order valence-corrected chi connectivity index (χ4v) is 5.61. The van der Waals surface area contributed by atoms with Gasteiger partial charge in [0.05, 0.1) is 17.2 Å². The Balaban J connectivity index is 1.41. The Morgan fingerprint density at radius 2 is 1.66 bits per heavy atom. The molecule has 1 amide bonds. The van der Waals surface area contributed by atoms with Gasteiger partial charge in [-0.15, -0.1) is 0 Å². The second kappa shape index (κ2) is 8.69. The Morgan fingerprint density at radius 3 is 2.28 bits per heavy atom. The quantitative estimate of drug-likeness (QED) is 0.749. The van der Waals surface area contributed by atoms with Gasteiger partial charge in [-0.05, 0) is 75.2 Å². The van der Waals surface area contributed by atoms with E-state index in [0.717, 1.165) is 44.5 Å². The minimum atomic E-state index is -3.47. The maximum atomic E-state index is 12.6. The molecule has 0 saturated carbocycles. The molecule has 29 heavy (non-hydrogen) atoms. The number of nitrogens with zero attached hydrogens (tertiary/aromatic N) is 2. The van der Waals surface area contributed by atoms with Crippen molar-refractivity contribution >= 4 is 15.9 Å². The van der Waals surface area contributed by atoms with Crippen LogP contribution in [0.1, 0.15) is 47.8 Å². The Hall–Kier alpha value is -2.16. The van der Waals surface area contributed by atoms with E-state index in [0.29, 0.717) is 25.2 Å². The van der Waals surface area contributed by atoms with Crippen LogP contribution in [0.2, 0.25) is 0 Å². The fourth-order valence-electron chi connectivity index (χ4n) is 4.09. The zero-order valence-electron chi connectivity index (χ0n) is 16.4. The van der Waals surface area contributed by atoms with E-state index in [-0.39, 0.29) is 16.8 Å². The standard InChI is InChI=1S/C21H27N3O4S/c25-21(22-16-19(20-6-5-15-28-20)23-11-1-2-12-23)17-7-9-18(10-8-17)29(26,27)24-13-3-4-14-24/h5-10,15,19H,1-4,11-14,16H2,(H,22,25). The van der Waals surface area contributed by atoms with E-state index in [2.05, 4.69) is 10.2 Å². The molecule has 1 aromatic heterocycles. The lowest BCUT2D eigenvalue weighted by Crippen LogP contribution is -2.36. The van der Waals surface area contributed by atoms with E-state index in [1.165, 1.54) is 16.4 Å². The van der Waals surface area contributed by atoms with Crippen LogP contribution in [0.5, 0.6) is 0 Å². The van der Waals surface area contributed by atoms with E-state index < -0.39 is 10.0 Å². The third kappa shape index (κ3) is 4.39. The molecule has 1 atom stereocenters. The molecule has 2 saturated heterocycles. The van der Waals surface area contributed by atoms with Crippen LogP contribution in [0.4, 0.5) is 0 Å². The van der Waals surface area contributed by atoms with E-state index in [4.69, 9.17) is 4.42 Å². The molecule has 8 heteroatoms. The Bertz CT molecular complexity index is 913. The topological polar surface area (TPSA) is 82.9 Å². The number of likely N-dealkylation sites (tertiary alicyclic amines) is 1. The lowest BCUT2D eigenvalue weighted by Gasteiger charge is -2.26. The highest BCUT2D eigenvalue weighted by molar-refractivity contribution is 7.89. The molecule has 156 valence electrons. The predicted octanol–water partition coefficient (Wildman–Crippen LogP) is 2.63. The number of carbonyl (C=O) groups is 1. The second-order valence-corrected chi connectivity index (χ2v) is 9.56. The molecule has 2 aliphatic rings. The van der Waals surface area contributed by atoms with Gasteiger partial charge in [-0.1, -0.05) is 0 Å². The van der Waals surface area contributed by atoms with Crippen LogP contribution in [0.25, 0.3) is 0 Å². The lowest BCUT2D eigenvalue weighted by atomic mass is 10.1. The maximum absolute atomic E-state index is 12.6. The zero-order valence-corrected chi connectivity index (χ0v) is 17.2. The molecule has 1 N–H and O–H groups in total. The largest absolute Gasteiger partial charge is 0.468 e. The highest BCUT2D eigenvalue weighted by Crippen LogP contribution is 2.25. The number of benzene rings is 1. The smallest absolute Gasteiger partial charge is 0.251 e. The van der Waals surface area contributed by atoms with Crippen molar-refractivity contribution in [3.63, 3.8) is 0 Å². The SMILES string of the molecule is O=C(NCC(c1ccco1)N1CCCC1)c1ccc(S(=O)(=O)N2CCCC2)cc1. The van der Waals surface area contributed by atoms with Gasteiger partial charge in [-0.25, -0.2) is 8.42 Å². The normalized spacial score (nSPS) is 19.4. The number of carbonyl (C=O) groups excluding carboxylic acids is 1. The first-order valence-electron chi connectivity index (χ1n) is 10.2. The number of nitrogens with one attached hydrogen (secondary N) is 1. The molecule has 2 fully saturated rings. The van der Waals surface area contributed by atoms with Gasteiger partial charge in [0.2, 0.25) is 10.0 Å². The van der Waals surface area contributed by atoms with Gasteiger partial charge in [-0.2, -0.15) is 4.31 Å². The number of furan rings is 1. The van der Waals surface area contributed by atoms with Crippen molar-refractivity contribution in [3.05, 3.63) is 54.0 Å². The fraction of sp³-hybridized carbons (Fsp3) is 0.476. The first kappa shape index (κ1) is 20.1. The maximum Gasteiger partial charge on any atom is 0.251 e. The zero-order chi connectivity index (χ0) is 20.3. The minimum Gasteiger partial charge on any atom is -0.468 e. The molecule has 2 aliphatic heterocycles. The highest BCUT2D eigenvalue weighted by atomic mass is 32.2. The molecule has 0 bridgehead atoms. The third-order valence-corrected chi connectivity index (χ3v) is 7.64. The van der Waals surface area contributed by atoms with E-state index in [9.17, 15) is 13.2 Å². The first-order chi connectivity index (χ1) is 14.1. The van der Waals surface area contributed by atoms with Crippen LogP contribution in [0.3, 0.4) is 0 Å². The number of rotatable bonds is 7. The summed E-state index contributed by atoms with van der Waals surface area (Å²) < 4.78 is 32.3. The number of hydrogen-bond donors (Lipinski definition) is 1. The molecular formula is C21H27N3O4S. The summed E-state index contributed by atoms with van der Waals surface area (Å²) in [5, 5.41) is 2.98. The molecule has 3 heterocycles. The number of sulfonamides is 1. The second-order valence-electron chi connectivity index (χ2n) is 7.62. The van der Waals surface area contributed by atoms with Crippen LogP contribution in [0.15, 0.2) is 52.0 Å². The third-order valence-electron chi connectivity index (χ3n) is 5.73. The van der Waals surface area contributed by atoms with Gasteiger partial charge in [0.25, 0.3) is 5.91 Å². The van der Waals surface area contributed by atoms with Crippen molar-refractivity contribution in [1.82, 2.24) is 14.5 Å². The van der Waals surface area contributed by atoms with Crippen molar-refractivity contribution in [3.8, 4) is 0 Å². The molecule has 1 unspecified atom stereocenters. The van der Waals surface area contributed by atoms with Crippen LogP contribution < -0.4 is 5.32 Å². The number of hydrogen-bond acceptors (Lipinski definition) is 5. The summed E-state index contributed by atoms with van der Waals surface area (Å²) in [6.07, 6.45) is 5.75. The van der Waals surface area contributed by atoms with Crippen molar-refractivity contribution in [2.75, 3.05) is 32.7 Å². The first-order valence-corrected chi connectivity index (χ1v) is 11.7. The molecule has 1 aromatic carbocycles. The lowest BCUT2D eigenvalue weighted by molar-refractivity contribution is 0.0933. The van der Waals surface area contributed by atoms with E-state index >= 15 is 0 Å². The Labute approximate surface area is 171 Å². The highest BCUT2D eigenvalue weighted by Gasteiger charge is 2.28. The van der Waals surface area contributed by atoms with Crippen LogP contribution >= 0.6 is 0 Å². The summed E-state index contributed by atoms with van der Waals surface area (Å²) in [4.78, 5) is 15.2. The van der Waals surface area contributed by atoms with Crippen molar-refractivity contribution in [1.29, 1.82) is 0 Å². The van der Waals surface area contributed by atoms with Crippen molar-refractivity contribution in [2.24, 2.45) is 0 Å². The molecule has 7 nitrogen and oxygen atoms in total. The Morgan fingerprint density at radius 1 is 1.00 bits per heavy atom. The predicted molar refractivity (Wildman–Crippen MR) is 109 cm³/mol. The summed E-state index contributed by atoms with van der Waals surface area (Å²) >= 11 is 0. The molecule has 0 aliphatic carbocycles. The van der Waals surface area contributed by atoms with Crippen LogP contribution in [-0.4, -0.2) is 56.3 Å². The number of amides is 1. The molecular weight excluding hydrogens is 390 g/mol. The van der Waals surface area contributed by atoms with Gasteiger partial charge in [0.15, 0.2) is 0 Å². The van der Waals surface area contributed by atoms with Gasteiger partial charge in [0.1, 0.15) is 5.76 Å². The van der Waals surface area contributed by atoms with E-state index in [1.54, 1.807) is 18.4 Å². The van der Waals surface area contributed by atoms with Gasteiger partial charge in [0, 0.05) is 25.2 Å². The van der Waals surface area contributed by atoms with E-state index in [1.807, 2.05) is 12.1 Å². The van der Waals surface area contributed by atoms with Gasteiger partial charge in [-0.3, -0.25) is 9.69 Å². The molecule has 2 aromatic rings. The summed E-state index contributed by atoms with van der Waals surface area (Å²) in [5.74, 6) is 0.630. The van der Waals surface area contributed by atoms with Crippen molar-refractivity contribution in [2.45, 2.75) is 36.6 Å². The van der Waals surface area contributed by atoms with Gasteiger partial charge < -0.3 is 9.73 Å².